The Morgan fingerprint density at radius 1 is 1.15 bits per heavy atom. The number of aromatic nitrogens is 3. The minimum absolute atomic E-state index is 0.180. The molecule has 0 saturated heterocycles. The van der Waals surface area contributed by atoms with Gasteiger partial charge in [-0.3, -0.25) is 14.6 Å². The Kier molecular flexibility index (Phi) is 5.71. The Morgan fingerprint density at radius 3 is 2.59 bits per heavy atom. The first-order valence-electron chi connectivity index (χ1n) is 8.87. The van der Waals surface area contributed by atoms with Gasteiger partial charge in [-0.2, -0.15) is 10.2 Å². The maximum Gasteiger partial charge on any atom is 0.292 e. The molecule has 0 aliphatic heterocycles. The molecular formula is C20H21N5O2. The van der Waals surface area contributed by atoms with E-state index in [2.05, 4.69) is 20.6 Å². The van der Waals surface area contributed by atoms with Crippen LogP contribution in [0.5, 0.6) is 0 Å². The summed E-state index contributed by atoms with van der Waals surface area (Å²) in [7, 11) is 0. The van der Waals surface area contributed by atoms with Crippen LogP contribution in [0.15, 0.2) is 58.6 Å². The van der Waals surface area contributed by atoms with Crippen molar-refractivity contribution >= 4 is 22.4 Å². The smallest absolute Gasteiger partial charge is 0.267 e. The number of fused-ring (bicyclic) bond motifs is 1. The number of amides is 1. The van der Waals surface area contributed by atoms with Crippen molar-refractivity contribution in [2.45, 2.75) is 33.2 Å². The van der Waals surface area contributed by atoms with Crippen molar-refractivity contribution in [1.29, 1.82) is 0 Å². The predicted octanol–water partition coefficient (Wildman–Crippen LogP) is 2.75. The largest absolute Gasteiger partial charge is 0.292 e. The van der Waals surface area contributed by atoms with Gasteiger partial charge >= 0.3 is 0 Å². The number of rotatable bonds is 6. The first kappa shape index (κ1) is 18.4. The van der Waals surface area contributed by atoms with Gasteiger partial charge in [0, 0.05) is 18.1 Å². The topological polar surface area (TPSA) is 89.2 Å². The summed E-state index contributed by atoms with van der Waals surface area (Å²) in [5, 5.41) is 9.40. The van der Waals surface area contributed by atoms with Gasteiger partial charge in [-0.1, -0.05) is 37.6 Å². The van der Waals surface area contributed by atoms with Crippen LogP contribution in [0.1, 0.15) is 42.9 Å². The lowest BCUT2D eigenvalue weighted by Gasteiger charge is -2.10. The van der Waals surface area contributed by atoms with Gasteiger partial charge in [-0.05, 0) is 31.5 Å². The summed E-state index contributed by atoms with van der Waals surface area (Å²) in [5.41, 5.74) is 3.76. The molecule has 0 spiro atoms. The maximum absolute atomic E-state index is 12.7. The van der Waals surface area contributed by atoms with Gasteiger partial charge < -0.3 is 0 Å². The van der Waals surface area contributed by atoms with Crippen molar-refractivity contribution in [1.82, 2.24) is 20.2 Å². The summed E-state index contributed by atoms with van der Waals surface area (Å²) < 4.78 is 1.36. The third kappa shape index (κ3) is 4.08. The van der Waals surface area contributed by atoms with Crippen LogP contribution in [0.25, 0.3) is 10.8 Å². The second-order valence-electron chi connectivity index (χ2n) is 6.13. The second-order valence-corrected chi connectivity index (χ2v) is 6.13. The van der Waals surface area contributed by atoms with Crippen LogP contribution in [0, 0.1) is 0 Å². The monoisotopic (exact) mass is 363 g/mol. The van der Waals surface area contributed by atoms with E-state index in [0.29, 0.717) is 28.7 Å². The van der Waals surface area contributed by atoms with Crippen LogP contribution >= 0.6 is 0 Å². The van der Waals surface area contributed by atoms with Crippen LogP contribution < -0.4 is 11.0 Å². The first-order valence-corrected chi connectivity index (χ1v) is 8.87. The molecule has 1 amide bonds. The molecule has 27 heavy (non-hydrogen) atoms. The molecule has 3 rings (SSSR count). The van der Waals surface area contributed by atoms with Crippen LogP contribution in [-0.2, 0) is 6.54 Å². The molecule has 0 saturated carbocycles. The van der Waals surface area contributed by atoms with E-state index < -0.39 is 5.91 Å². The lowest BCUT2D eigenvalue weighted by Crippen LogP contribution is -2.29. The summed E-state index contributed by atoms with van der Waals surface area (Å²) >= 11 is 0. The zero-order valence-electron chi connectivity index (χ0n) is 15.3. The molecule has 7 heteroatoms. The standard InChI is InChI=1S/C20H21N5O2/c1-3-4-13-25-20(27)16-10-6-5-9-15(16)18(24-25)19(26)23-22-14(2)17-11-7-8-12-21-17/h5-12H,3-4,13H2,1-2H3,(H,23,26)/b22-14-. The van der Waals surface area contributed by atoms with Gasteiger partial charge in [0.25, 0.3) is 11.5 Å². The number of hydrogen-bond acceptors (Lipinski definition) is 5. The zero-order chi connectivity index (χ0) is 19.2. The van der Waals surface area contributed by atoms with E-state index in [0.717, 1.165) is 12.8 Å². The molecule has 0 aliphatic rings. The van der Waals surface area contributed by atoms with Crippen LogP contribution in [0.3, 0.4) is 0 Å². The Balaban J connectivity index is 1.96. The van der Waals surface area contributed by atoms with Crippen LogP contribution in [0.4, 0.5) is 0 Å². The van der Waals surface area contributed by atoms with Crippen LogP contribution in [0.2, 0.25) is 0 Å². The second kappa shape index (κ2) is 8.35. The molecule has 1 aromatic carbocycles. The van der Waals surface area contributed by atoms with Gasteiger partial charge in [0.1, 0.15) is 0 Å². The zero-order valence-corrected chi connectivity index (χ0v) is 15.3. The average molecular weight is 363 g/mol. The molecule has 1 N–H and O–H groups in total. The Labute approximate surface area is 156 Å². The molecule has 0 radical (unpaired) electrons. The molecular weight excluding hydrogens is 342 g/mol. The highest BCUT2D eigenvalue weighted by molar-refractivity contribution is 6.05. The maximum atomic E-state index is 12.7. The molecule has 2 aromatic heterocycles. The normalized spacial score (nSPS) is 11.6. The number of hydrogen-bond donors (Lipinski definition) is 1. The molecule has 138 valence electrons. The Morgan fingerprint density at radius 2 is 1.89 bits per heavy atom. The highest BCUT2D eigenvalue weighted by atomic mass is 16.2. The van der Waals surface area contributed by atoms with Gasteiger partial charge in [-0.25, -0.2) is 10.1 Å². The Bertz CT molecular complexity index is 1040. The van der Waals surface area contributed by atoms with E-state index in [1.165, 1.54) is 4.68 Å². The molecule has 0 bridgehead atoms. The molecule has 2 heterocycles. The van der Waals surface area contributed by atoms with E-state index in [-0.39, 0.29) is 11.3 Å². The number of benzene rings is 1. The lowest BCUT2D eigenvalue weighted by molar-refractivity contribution is 0.0949. The first-order chi connectivity index (χ1) is 13.1. The van der Waals surface area contributed by atoms with Crippen LogP contribution in [-0.4, -0.2) is 26.4 Å². The lowest BCUT2D eigenvalue weighted by atomic mass is 10.1. The molecule has 0 aliphatic carbocycles. The number of carbonyl (C=O) groups is 1. The highest BCUT2D eigenvalue weighted by Crippen LogP contribution is 2.13. The SMILES string of the molecule is CCCCn1nc(C(=O)N/N=C(/C)c2ccccn2)c2ccccc2c1=O. The minimum Gasteiger partial charge on any atom is -0.267 e. The van der Waals surface area contributed by atoms with Crippen molar-refractivity contribution in [2.24, 2.45) is 5.10 Å². The fourth-order valence-corrected chi connectivity index (χ4v) is 2.68. The fraction of sp³-hybridized carbons (Fsp3) is 0.250. The van der Waals surface area contributed by atoms with Crippen molar-refractivity contribution in [3.05, 3.63) is 70.4 Å². The quantitative estimate of drug-likeness (QED) is 0.539. The summed E-state index contributed by atoms with van der Waals surface area (Å²) in [6.45, 7) is 4.27. The molecule has 7 nitrogen and oxygen atoms in total. The van der Waals surface area contributed by atoms with Gasteiger partial charge in [-0.15, -0.1) is 0 Å². The number of unbranched alkanes of at least 4 members (excludes halogenated alkanes) is 1. The number of nitrogens with zero attached hydrogens (tertiary/aromatic N) is 4. The Hall–Kier alpha value is -3.35. The predicted molar refractivity (Wildman–Crippen MR) is 105 cm³/mol. The number of carbonyl (C=O) groups excluding carboxylic acids is 1. The highest BCUT2D eigenvalue weighted by Gasteiger charge is 2.16. The fourth-order valence-electron chi connectivity index (χ4n) is 2.68. The number of aryl methyl sites for hydroxylation is 1. The number of nitrogens with one attached hydrogen (secondary N) is 1. The van der Waals surface area contributed by atoms with Crippen molar-refractivity contribution in [3.63, 3.8) is 0 Å². The number of hydrazone groups is 1. The van der Waals surface area contributed by atoms with Crippen molar-refractivity contribution < 1.29 is 4.79 Å². The summed E-state index contributed by atoms with van der Waals surface area (Å²) in [4.78, 5) is 29.5. The van der Waals surface area contributed by atoms with E-state index in [1.807, 2.05) is 25.1 Å². The van der Waals surface area contributed by atoms with Gasteiger partial charge in [0.15, 0.2) is 5.69 Å². The molecule has 0 unspecified atom stereocenters. The third-order valence-electron chi connectivity index (χ3n) is 4.17. The summed E-state index contributed by atoms with van der Waals surface area (Å²) in [6.07, 6.45) is 3.40. The molecule has 3 aromatic rings. The van der Waals surface area contributed by atoms with Crippen molar-refractivity contribution in [2.75, 3.05) is 0 Å². The third-order valence-corrected chi connectivity index (χ3v) is 4.17. The summed E-state index contributed by atoms with van der Waals surface area (Å²) in [5.74, 6) is -0.466. The molecule has 0 atom stereocenters. The minimum atomic E-state index is -0.466. The summed E-state index contributed by atoms with van der Waals surface area (Å²) in [6, 6.07) is 12.5. The number of pyridine rings is 1. The van der Waals surface area contributed by atoms with Gasteiger partial charge in [0.2, 0.25) is 0 Å². The van der Waals surface area contributed by atoms with E-state index in [1.54, 1.807) is 37.4 Å². The van der Waals surface area contributed by atoms with Crippen molar-refractivity contribution in [3.8, 4) is 0 Å². The average Bonchev–Trinajstić information content (AvgIpc) is 2.72. The van der Waals surface area contributed by atoms with E-state index >= 15 is 0 Å². The van der Waals surface area contributed by atoms with E-state index in [4.69, 9.17) is 0 Å². The van der Waals surface area contributed by atoms with Gasteiger partial charge in [0.05, 0.1) is 16.8 Å². The molecule has 0 fully saturated rings. The van der Waals surface area contributed by atoms with E-state index in [9.17, 15) is 9.59 Å².